The van der Waals surface area contributed by atoms with Gasteiger partial charge in [0, 0.05) is 41.2 Å². The van der Waals surface area contributed by atoms with Crippen LogP contribution in [0.5, 0.6) is 5.75 Å². The first kappa shape index (κ1) is 25.8. The largest absolute Gasteiger partial charge is 0.497 e. The van der Waals surface area contributed by atoms with Crippen LogP contribution in [0.25, 0.3) is 10.9 Å². The Morgan fingerprint density at radius 2 is 1.63 bits per heavy atom. The summed E-state index contributed by atoms with van der Waals surface area (Å²) in [4.78, 5) is 48.1. The van der Waals surface area contributed by atoms with Gasteiger partial charge in [-0.1, -0.05) is 11.6 Å². The number of aliphatic carboxylic acids is 1. The Bertz CT molecular complexity index is 1270. The minimum atomic E-state index is -1.05. The van der Waals surface area contributed by atoms with Crippen LogP contribution in [0.4, 0.5) is 0 Å². The van der Waals surface area contributed by atoms with Crippen molar-refractivity contribution in [1.82, 2.24) is 15.2 Å². The molecule has 35 heavy (non-hydrogen) atoms. The Labute approximate surface area is 207 Å². The molecule has 10 heteroatoms. The van der Waals surface area contributed by atoms with Crippen LogP contribution in [0.15, 0.2) is 42.5 Å². The number of rotatable bonds is 10. The maximum absolute atomic E-state index is 13.3. The van der Waals surface area contributed by atoms with E-state index in [2.05, 4.69) is 10.6 Å². The maximum Gasteiger partial charge on any atom is 0.303 e. The van der Waals surface area contributed by atoms with Crippen LogP contribution < -0.4 is 15.4 Å². The smallest absolute Gasteiger partial charge is 0.303 e. The number of aromatic nitrogens is 1. The first-order chi connectivity index (χ1) is 16.7. The molecule has 2 amide bonds. The number of nitrogens with one attached hydrogen (secondary N) is 2. The first-order valence-corrected chi connectivity index (χ1v) is 11.3. The topological polar surface area (TPSA) is 127 Å². The molecule has 0 unspecified atom stereocenters. The number of methoxy groups -OCH3 is 1. The van der Waals surface area contributed by atoms with Gasteiger partial charge < -0.3 is 20.5 Å². The molecule has 0 aliphatic rings. The number of carboxylic acids is 1. The lowest BCUT2D eigenvalue weighted by atomic mass is 10.1. The van der Waals surface area contributed by atoms with Crippen molar-refractivity contribution in [2.75, 3.05) is 20.2 Å². The summed E-state index contributed by atoms with van der Waals surface area (Å²) in [5.74, 6) is -1.37. The van der Waals surface area contributed by atoms with Gasteiger partial charge in [-0.2, -0.15) is 0 Å². The van der Waals surface area contributed by atoms with Crippen LogP contribution >= 0.6 is 11.6 Å². The van der Waals surface area contributed by atoms with Crippen LogP contribution in [0.3, 0.4) is 0 Å². The van der Waals surface area contributed by atoms with E-state index in [1.165, 1.54) is 0 Å². The molecule has 0 fully saturated rings. The number of hydrogen-bond donors (Lipinski definition) is 3. The molecule has 0 bridgehead atoms. The third kappa shape index (κ3) is 6.39. The average molecular weight is 500 g/mol. The van der Waals surface area contributed by atoms with Gasteiger partial charge in [0.05, 0.1) is 25.5 Å². The number of amides is 2. The van der Waals surface area contributed by atoms with Gasteiger partial charge >= 0.3 is 5.97 Å². The number of halogens is 1. The van der Waals surface area contributed by atoms with E-state index >= 15 is 0 Å². The van der Waals surface area contributed by atoms with E-state index < -0.39 is 11.9 Å². The van der Waals surface area contributed by atoms with Crippen molar-refractivity contribution in [2.24, 2.45) is 0 Å². The van der Waals surface area contributed by atoms with E-state index in [0.717, 1.165) is 5.39 Å². The summed E-state index contributed by atoms with van der Waals surface area (Å²) in [5.41, 5.74) is 2.42. The third-order valence-corrected chi connectivity index (χ3v) is 5.76. The number of carbonyl (C=O) groups excluding carboxylic acids is 3. The minimum Gasteiger partial charge on any atom is -0.497 e. The van der Waals surface area contributed by atoms with Gasteiger partial charge in [0.25, 0.3) is 5.91 Å². The summed E-state index contributed by atoms with van der Waals surface area (Å²) < 4.78 is 6.91. The SMILES string of the molecule is COc1ccc2c(c1)c(CC(=O)NCCNC(=O)CCC(=O)O)c(C)n2C(=O)c1ccc(Cl)cc1. The standard InChI is InChI=1S/C25H26ClN3O6/c1-15-19(14-23(31)28-12-11-27-22(30)9-10-24(32)33)20-13-18(35-2)7-8-21(20)29(15)25(34)16-3-5-17(26)6-4-16/h3-8,13H,9-12,14H2,1-2H3,(H,27,30)(H,28,31)(H,32,33). The highest BCUT2D eigenvalue weighted by molar-refractivity contribution is 6.30. The number of nitrogens with zero attached hydrogens (tertiary/aromatic N) is 1. The highest BCUT2D eigenvalue weighted by atomic mass is 35.5. The van der Waals surface area contributed by atoms with Crippen LogP contribution in [-0.4, -0.2) is 53.6 Å². The zero-order valence-electron chi connectivity index (χ0n) is 19.4. The quantitative estimate of drug-likeness (QED) is 0.368. The zero-order chi connectivity index (χ0) is 25.5. The van der Waals surface area contributed by atoms with Gasteiger partial charge in [0.2, 0.25) is 11.8 Å². The maximum atomic E-state index is 13.3. The molecule has 0 saturated heterocycles. The average Bonchev–Trinajstić information content (AvgIpc) is 3.10. The predicted octanol–water partition coefficient (Wildman–Crippen LogP) is 2.94. The van der Waals surface area contributed by atoms with Crippen LogP contribution in [-0.2, 0) is 20.8 Å². The molecule has 2 aromatic carbocycles. The number of hydrogen-bond acceptors (Lipinski definition) is 5. The van der Waals surface area contributed by atoms with E-state index in [1.54, 1.807) is 61.1 Å². The minimum absolute atomic E-state index is 0.0172. The predicted molar refractivity (Wildman–Crippen MR) is 131 cm³/mol. The fraction of sp³-hybridized carbons (Fsp3) is 0.280. The van der Waals surface area contributed by atoms with Crippen molar-refractivity contribution in [2.45, 2.75) is 26.2 Å². The fourth-order valence-electron chi connectivity index (χ4n) is 3.73. The second kappa shape index (κ2) is 11.5. The van der Waals surface area contributed by atoms with Gasteiger partial charge in [-0.05, 0) is 55.0 Å². The van der Waals surface area contributed by atoms with Gasteiger partial charge in [-0.3, -0.25) is 23.7 Å². The van der Waals surface area contributed by atoms with Crippen LogP contribution in [0.2, 0.25) is 5.02 Å². The number of benzene rings is 2. The van der Waals surface area contributed by atoms with Crippen molar-refractivity contribution in [1.29, 1.82) is 0 Å². The van der Waals surface area contributed by atoms with Gasteiger partial charge in [-0.15, -0.1) is 0 Å². The Hall–Kier alpha value is -3.85. The number of fused-ring (bicyclic) bond motifs is 1. The molecule has 1 aromatic heterocycles. The molecule has 0 spiro atoms. The van der Waals surface area contributed by atoms with E-state index in [-0.39, 0.29) is 44.2 Å². The van der Waals surface area contributed by atoms with E-state index in [1.807, 2.05) is 0 Å². The van der Waals surface area contributed by atoms with Crippen LogP contribution in [0, 0.1) is 6.92 Å². The first-order valence-electron chi connectivity index (χ1n) is 10.9. The van der Waals surface area contributed by atoms with E-state index in [9.17, 15) is 19.2 Å². The summed E-state index contributed by atoms with van der Waals surface area (Å²) in [6.45, 7) is 2.14. The Balaban J connectivity index is 1.77. The van der Waals surface area contributed by atoms with Gasteiger partial charge in [-0.25, -0.2) is 0 Å². The van der Waals surface area contributed by atoms with Crippen molar-refractivity contribution in [3.63, 3.8) is 0 Å². The van der Waals surface area contributed by atoms with Crippen molar-refractivity contribution in [3.8, 4) is 5.75 Å². The number of carbonyl (C=O) groups is 4. The summed E-state index contributed by atoms with van der Waals surface area (Å²) in [7, 11) is 1.54. The molecule has 0 aliphatic carbocycles. The summed E-state index contributed by atoms with van der Waals surface area (Å²) in [6, 6.07) is 11.9. The lowest BCUT2D eigenvalue weighted by Gasteiger charge is -2.09. The second-order valence-corrected chi connectivity index (χ2v) is 8.30. The molecule has 0 saturated carbocycles. The molecule has 0 aliphatic heterocycles. The highest BCUT2D eigenvalue weighted by Crippen LogP contribution is 2.30. The summed E-state index contributed by atoms with van der Waals surface area (Å²) >= 11 is 5.96. The van der Waals surface area contributed by atoms with Crippen LogP contribution in [0.1, 0.15) is 34.5 Å². The summed E-state index contributed by atoms with van der Waals surface area (Å²) in [5, 5.41) is 15.2. The molecular weight excluding hydrogens is 474 g/mol. The van der Waals surface area contributed by atoms with Gasteiger partial charge in [0.15, 0.2) is 0 Å². The monoisotopic (exact) mass is 499 g/mol. The lowest BCUT2D eigenvalue weighted by molar-refractivity contribution is -0.138. The Morgan fingerprint density at radius 1 is 0.971 bits per heavy atom. The Morgan fingerprint density at radius 3 is 2.26 bits per heavy atom. The molecule has 0 radical (unpaired) electrons. The number of ether oxygens (including phenoxy) is 1. The van der Waals surface area contributed by atoms with Crippen molar-refractivity contribution < 1.29 is 29.0 Å². The second-order valence-electron chi connectivity index (χ2n) is 7.86. The van der Waals surface area contributed by atoms with Crippen molar-refractivity contribution >= 4 is 46.2 Å². The molecule has 1 heterocycles. The molecule has 184 valence electrons. The van der Waals surface area contributed by atoms with Crippen molar-refractivity contribution in [3.05, 3.63) is 64.3 Å². The molecule has 3 N–H and O–H groups in total. The third-order valence-electron chi connectivity index (χ3n) is 5.51. The molecule has 3 aromatic rings. The lowest BCUT2D eigenvalue weighted by Crippen LogP contribution is -2.35. The molecule has 9 nitrogen and oxygen atoms in total. The fourth-order valence-corrected chi connectivity index (χ4v) is 3.86. The number of carboxylic acid groups (broad SMARTS) is 1. The molecule has 0 atom stereocenters. The highest BCUT2D eigenvalue weighted by Gasteiger charge is 2.22. The molecule has 3 rings (SSSR count). The molecular formula is C25H26ClN3O6. The normalized spacial score (nSPS) is 10.7. The Kier molecular flexibility index (Phi) is 8.48. The summed E-state index contributed by atoms with van der Waals surface area (Å²) in [6.07, 6.45) is -0.353. The van der Waals surface area contributed by atoms with Gasteiger partial charge in [0.1, 0.15) is 5.75 Å². The van der Waals surface area contributed by atoms with E-state index in [0.29, 0.717) is 33.1 Å². The van der Waals surface area contributed by atoms with E-state index in [4.69, 9.17) is 21.4 Å². The zero-order valence-corrected chi connectivity index (χ0v) is 20.1.